The van der Waals surface area contributed by atoms with E-state index in [1.54, 1.807) is 12.1 Å². The second-order valence-corrected chi connectivity index (χ2v) is 9.04. The Hall–Kier alpha value is -3.56. The first-order chi connectivity index (χ1) is 17.5. The Bertz CT molecular complexity index is 1210. The number of piperidine rings is 1. The molecule has 0 N–H and O–H groups in total. The van der Waals surface area contributed by atoms with Crippen molar-refractivity contribution in [2.45, 2.75) is 38.4 Å². The van der Waals surface area contributed by atoms with Gasteiger partial charge in [-0.15, -0.1) is 0 Å². The zero-order valence-electron chi connectivity index (χ0n) is 20.0. The topological polar surface area (TPSA) is 31.2 Å². The van der Waals surface area contributed by atoms with Crippen molar-refractivity contribution in [3.63, 3.8) is 0 Å². The molecule has 196 valence electrons. The monoisotopic (exact) mass is 520 g/mol. The number of alkyl halides is 5. The Morgan fingerprint density at radius 2 is 1.70 bits per heavy atom. The fourth-order valence-corrected chi connectivity index (χ4v) is 4.52. The number of rotatable bonds is 8. The summed E-state index contributed by atoms with van der Waals surface area (Å²) in [6.07, 6.45) is -6.42. The van der Waals surface area contributed by atoms with Crippen LogP contribution in [0.5, 0.6) is 0 Å². The van der Waals surface area contributed by atoms with Gasteiger partial charge in [0.05, 0.1) is 12.3 Å². The van der Waals surface area contributed by atoms with Crippen LogP contribution in [0, 0.1) is 11.7 Å². The first kappa shape index (κ1) is 26.5. The molecule has 1 saturated heterocycles. The number of para-hydroxylation sites is 1. The van der Waals surface area contributed by atoms with Gasteiger partial charge in [0.1, 0.15) is 17.2 Å². The summed E-state index contributed by atoms with van der Waals surface area (Å²) in [5.74, 6) is -0.631. The second-order valence-electron chi connectivity index (χ2n) is 9.04. The lowest BCUT2D eigenvalue weighted by Crippen LogP contribution is -2.40. The van der Waals surface area contributed by atoms with Crippen LogP contribution in [0.1, 0.15) is 30.4 Å². The number of anilines is 1. The molecule has 0 unspecified atom stereocenters. The number of allylic oxidation sites excluding steroid dienone is 2. The van der Waals surface area contributed by atoms with Crippen molar-refractivity contribution in [1.82, 2.24) is 4.90 Å². The minimum atomic E-state index is -4.47. The standard InChI is InChI=1S/C27H26F6N4/c1-17(19-10-12-36(13-11-19)18(2)27(31,32)33)37(22-6-4-3-5-7-22)16-21-9-8-20(14-23(21)28)24-15-25(26(29)30)35-34-24/h3-9,14,19,26H,1-2,10-13,15-16H2. The Morgan fingerprint density at radius 3 is 2.27 bits per heavy atom. The number of likely N-dealkylation sites (tertiary alicyclic amines) is 1. The fraction of sp³-hybridized carbons (Fsp3) is 0.333. The SMILES string of the molecule is C=C(C1CCN(C(=C)C(F)(F)F)CC1)N(Cc1ccc(C2=NN=C(C(F)F)C2)cc1F)c1ccccc1. The summed E-state index contributed by atoms with van der Waals surface area (Å²) < 4.78 is 80.1. The Kier molecular flexibility index (Phi) is 7.75. The average molecular weight is 521 g/mol. The predicted octanol–water partition coefficient (Wildman–Crippen LogP) is 6.95. The third-order valence-electron chi connectivity index (χ3n) is 6.70. The number of halogens is 6. The van der Waals surface area contributed by atoms with E-state index in [1.807, 2.05) is 35.2 Å². The van der Waals surface area contributed by atoms with Crippen molar-refractivity contribution < 1.29 is 26.3 Å². The van der Waals surface area contributed by atoms with E-state index in [4.69, 9.17) is 0 Å². The number of benzene rings is 2. The van der Waals surface area contributed by atoms with Gasteiger partial charge in [0, 0.05) is 47.9 Å². The summed E-state index contributed by atoms with van der Waals surface area (Å²) in [6, 6.07) is 13.7. The van der Waals surface area contributed by atoms with Gasteiger partial charge >= 0.3 is 6.18 Å². The van der Waals surface area contributed by atoms with Gasteiger partial charge in [-0.05, 0) is 31.0 Å². The molecule has 2 aromatic carbocycles. The van der Waals surface area contributed by atoms with Gasteiger partial charge in [-0.25, -0.2) is 13.2 Å². The van der Waals surface area contributed by atoms with Gasteiger partial charge < -0.3 is 9.80 Å². The quantitative estimate of drug-likeness (QED) is 0.353. The minimum absolute atomic E-state index is 0.0995. The molecule has 4 nitrogen and oxygen atoms in total. The van der Waals surface area contributed by atoms with E-state index in [0.717, 1.165) is 5.69 Å². The van der Waals surface area contributed by atoms with Crippen molar-refractivity contribution in [1.29, 1.82) is 0 Å². The molecule has 37 heavy (non-hydrogen) atoms. The smallest absolute Gasteiger partial charge is 0.368 e. The van der Waals surface area contributed by atoms with Crippen LogP contribution >= 0.6 is 0 Å². The zero-order valence-corrected chi connectivity index (χ0v) is 20.0. The predicted molar refractivity (Wildman–Crippen MR) is 132 cm³/mol. The lowest BCUT2D eigenvalue weighted by atomic mass is 9.92. The van der Waals surface area contributed by atoms with E-state index in [2.05, 4.69) is 23.4 Å². The Labute approximate surface area is 211 Å². The first-order valence-corrected chi connectivity index (χ1v) is 11.8. The number of nitrogens with zero attached hydrogens (tertiary/aromatic N) is 4. The molecule has 0 aromatic heterocycles. The van der Waals surface area contributed by atoms with Gasteiger partial charge in [-0.3, -0.25) is 0 Å². The van der Waals surface area contributed by atoms with E-state index < -0.39 is 24.1 Å². The van der Waals surface area contributed by atoms with Crippen molar-refractivity contribution in [2.24, 2.45) is 16.1 Å². The summed E-state index contributed by atoms with van der Waals surface area (Å²) in [5, 5.41) is 7.24. The van der Waals surface area contributed by atoms with Crippen LogP contribution in [0.4, 0.5) is 32.0 Å². The molecule has 2 aliphatic heterocycles. The van der Waals surface area contributed by atoms with Crippen LogP contribution in [0.3, 0.4) is 0 Å². The molecule has 0 atom stereocenters. The van der Waals surface area contributed by atoms with E-state index in [1.165, 1.54) is 11.0 Å². The average Bonchev–Trinajstić information content (AvgIpc) is 3.38. The Morgan fingerprint density at radius 1 is 1.03 bits per heavy atom. The lowest BCUT2D eigenvalue weighted by Gasteiger charge is -2.39. The molecule has 0 bridgehead atoms. The molecular weight excluding hydrogens is 494 g/mol. The van der Waals surface area contributed by atoms with Crippen LogP contribution in [-0.2, 0) is 6.54 Å². The molecule has 10 heteroatoms. The van der Waals surface area contributed by atoms with E-state index in [0.29, 0.717) is 29.7 Å². The molecule has 0 saturated carbocycles. The first-order valence-electron chi connectivity index (χ1n) is 11.8. The van der Waals surface area contributed by atoms with Gasteiger partial charge in [0.15, 0.2) is 0 Å². The normalized spacial score (nSPS) is 16.6. The maximum Gasteiger partial charge on any atom is 0.430 e. The highest BCUT2D eigenvalue weighted by Gasteiger charge is 2.38. The zero-order chi connectivity index (χ0) is 26.7. The third-order valence-corrected chi connectivity index (χ3v) is 6.70. The highest BCUT2D eigenvalue weighted by molar-refractivity contribution is 6.15. The van der Waals surface area contributed by atoms with Crippen molar-refractivity contribution in [3.8, 4) is 0 Å². The summed E-state index contributed by atoms with van der Waals surface area (Å²) in [4.78, 5) is 3.10. The van der Waals surface area contributed by atoms with Gasteiger partial charge in [0.25, 0.3) is 6.43 Å². The van der Waals surface area contributed by atoms with E-state index in [-0.39, 0.29) is 43.4 Å². The Balaban J connectivity index is 1.50. The van der Waals surface area contributed by atoms with Gasteiger partial charge in [-0.1, -0.05) is 43.5 Å². The molecule has 0 amide bonds. The van der Waals surface area contributed by atoms with Gasteiger partial charge in [-0.2, -0.15) is 23.4 Å². The highest BCUT2D eigenvalue weighted by Crippen LogP contribution is 2.35. The third kappa shape index (κ3) is 6.06. The second kappa shape index (κ2) is 10.8. The largest absolute Gasteiger partial charge is 0.430 e. The van der Waals surface area contributed by atoms with E-state index in [9.17, 15) is 22.0 Å². The fourth-order valence-electron chi connectivity index (χ4n) is 4.52. The molecular formula is C27H26F6N4. The van der Waals surface area contributed by atoms with Crippen LogP contribution in [-0.4, -0.2) is 42.0 Å². The number of hydrogen-bond donors (Lipinski definition) is 0. The summed E-state index contributed by atoms with van der Waals surface area (Å²) in [7, 11) is 0. The maximum atomic E-state index is 15.2. The minimum Gasteiger partial charge on any atom is -0.368 e. The lowest BCUT2D eigenvalue weighted by molar-refractivity contribution is -0.112. The van der Waals surface area contributed by atoms with Crippen molar-refractivity contribution in [3.05, 3.63) is 90.0 Å². The molecule has 1 fully saturated rings. The summed E-state index contributed by atoms with van der Waals surface area (Å²) in [6.45, 7) is 7.95. The molecule has 0 spiro atoms. The van der Waals surface area contributed by atoms with Crippen molar-refractivity contribution >= 4 is 17.1 Å². The van der Waals surface area contributed by atoms with E-state index >= 15 is 4.39 Å². The number of hydrogen-bond acceptors (Lipinski definition) is 4. The van der Waals surface area contributed by atoms with Crippen LogP contribution < -0.4 is 4.90 Å². The molecule has 2 aromatic rings. The molecule has 4 rings (SSSR count). The van der Waals surface area contributed by atoms with Crippen LogP contribution in [0.15, 0.2) is 83.3 Å². The van der Waals surface area contributed by atoms with Crippen molar-refractivity contribution in [2.75, 3.05) is 18.0 Å². The molecule has 2 aliphatic rings. The highest BCUT2D eigenvalue weighted by atomic mass is 19.4. The molecule has 2 heterocycles. The summed E-state index contributed by atoms with van der Waals surface area (Å²) >= 11 is 0. The van der Waals surface area contributed by atoms with Gasteiger partial charge in [0.2, 0.25) is 0 Å². The molecule has 0 radical (unpaired) electrons. The van der Waals surface area contributed by atoms with Crippen LogP contribution in [0.25, 0.3) is 0 Å². The maximum absolute atomic E-state index is 15.2. The molecule has 0 aliphatic carbocycles. The van der Waals surface area contributed by atoms with Crippen LogP contribution in [0.2, 0.25) is 0 Å². The summed E-state index contributed by atoms with van der Waals surface area (Å²) in [5.41, 5.74) is 1.26.